The Morgan fingerprint density at radius 3 is 2.14 bits per heavy atom. The number of fused-ring (bicyclic) bond motifs is 8. The zero-order chi connectivity index (χ0) is 36.1. The summed E-state index contributed by atoms with van der Waals surface area (Å²) in [4.78, 5) is 0. The third kappa shape index (κ3) is 5.40. The van der Waals surface area contributed by atoms with Gasteiger partial charge in [-0.1, -0.05) is 98.2 Å². The fourth-order valence-corrected chi connectivity index (χ4v) is 8.61. The topological polar surface area (TPSA) is 52.0 Å². The van der Waals surface area contributed by atoms with E-state index in [4.69, 9.17) is 0 Å². The van der Waals surface area contributed by atoms with E-state index in [0.717, 1.165) is 66.2 Å². The van der Waals surface area contributed by atoms with Gasteiger partial charge in [0.25, 0.3) is 0 Å². The zero-order valence-electron chi connectivity index (χ0n) is 31.6. The van der Waals surface area contributed by atoms with E-state index >= 15 is 0 Å². The number of rotatable bonds is 6. The van der Waals surface area contributed by atoms with E-state index in [-0.39, 0.29) is 11.3 Å². The van der Waals surface area contributed by atoms with Crippen LogP contribution < -0.4 is 0 Å². The first-order chi connectivity index (χ1) is 24.0. The number of allylic oxidation sites excluding steroid dienone is 1. The van der Waals surface area contributed by atoms with Gasteiger partial charge in [0.1, 0.15) is 0 Å². The summed E-state index contributed by atoms with van der Waals surface area (Å²) in [5, 5.41) is 25.8. The molecule has 0 bridgehead atoms. The molecular formula is C47H51N3. The van der Waals surface area contributed by atoms with Crippen molar-refractivity contribution in [3.8, 4) is 23.3 Å². The number of nitriles is 2. The van der Waals surface area contributed by atoms with Crippen molar-refractivity contribution in [3.05, 3.63) is 99.1 Å². The smallest absolute Gasteiger partial charge is 0.0998 e. The van der Waals surface area contributed by atoms with Gasteiger partial charge in [0.15, 0.2) is 0 Å². The van der Waals surface area contributed by atoms with Gasteiger partial charge in [0, 0.05) is 21.5 Å². The lowest BCUT2D eigenvalue weighted by Gasteiger charge is -2.23. The van der Waals surface area contributed by atoms with Crippen molar-refractivity contribution < 1.29 is 0 Å². The van der Waals surface area contributed by atoms with Crippen LogP contribution in [0.5, 0.6) is 0 Å². The molecule has 50 heavy (non-hydrogen) atoms. The molecule has 0 saturated carbocycles. The second-order valence-corrected chi connectivity index (χ2v) is 15.1. The third-order valence-electron chi connectivity index (χ3n) is 10.9. The van der Waals surface area contributed by atoms with E-state index in [1.807, 2.05) is 19.9 Å². The van der Waals surface area contributed by atoms with Gasteiger partial charge in [0.05, 0.1) is 39.8 Å². The minimum Gasteiger partial charge on any atom is -0.308 e. The lowest BCUT2D eigenvalue weighted by molar-refractivity contribution is 0.589. The lowest BCUT2D eigenvalue weighted by atomic mass is 9.82. The molecule has 254 valence electrons. The van der Waals surface area contributed by atoms with Gasteiger partial charge >= 0.3 is 0 Å². The molecule has 0 spiro atoms. The molecule has 1 aliphatic carbocycles. The average Bonchev–Trinajstić information content (AvgIpc) is 3.47. The minimum absolute atomic E-state index is 0.0594. The Morgan fingerprint density at radius 2 is 1.54 bits per heavy atom. The molecule has 0 fully saturated rings. The van der Waals surface area contributed by atoms with Crippen molar-refractivity contribution in [2.45, 2.75) is 112 Å². The van der Waals surface area contributed by atoms with E-state index in [1.165, 1.54) is 66.0 Å². The van der Waals surface area contributed by atoms with Crippen LogP contribution in [0.4, 0.5) is 0 Å². The first kappa shape index (κ1) is 35.0. The molecule has 2 heterocycles. The molecule has 6 aromatic rings. The van der Waals surface area contributed by atoms with Gasteiger partial charge in [-0.15, -0.1) is 0 Å². The number of nitrogens with zero attached hydrogens (tertiary/aromatic N) is 3. The fourth-order valence-electron chi connectivity index (χ4n) is 8.61. The van der Waals surface area contributed by atoms with Crippen molar-refractivity contribution in [1.82, 2.24) is 4.40 Å². The Bertz CT molecular complexity index is 2390. The zero-order valence-corrected chi connectivity index (χ0v) is 31.6. The highest BCUT2D eigenvalue weighted by Gasteiger charge is 2.28. The Labute approximate surface area is 298 Å². The van der Waals surface area contributed by atoms with Gasteiger partial charge < -0.3 is 4.40 Å². The monoisotopic (exact) mass is 657 g/mol. The molecule has 3 nitrogen and oxygen atoms in total. The van der Waals surface area contributed by atoms with Crippen LogP contribution in [-0.2, 0) is 11.8 Å². The summed E-state index contributed by atoms with van der Waals surface area (Å²) in [6.07, 6.45) is 12.6. The van der Waals surface area contributed by atoms with Crippen molar-refractivity contribution in [2.24, 2.45) is 0 Å². The quantitative estimate of drug-likeness (QED) is 0.179. The van der Waals surface area contributed by atoms with Crippen LogP contribution in [0.15, 0.2) is 49.1 Å². The molecule has 1 unspecified atom stereocenters. The molecule has 0 saturated heterocycles. The predicted octanol–water partition coefficient (Wildman–Crippen LogP) is 13.5. The van der Waals surface area contributed by atoms with Gasteiger partial charge in [0.2, 0.25) is 0 Å². The van der Waals surface area contributed by atoms with Gasteiger partial charge in [-0.2, -0.15) is 10.5 Å². The molecule has 2 aromatic heterocycles. The van der Waals surface area contributed by atoms with Crippen LogP contribution in [0.2, 0.25) is 0 Å². The van der Waals surface area contributed by atoms with E-state index < -0.39 is 0 Å². The van der Waals surface area contributed by atoms with Crippen LogP contribution in [0.1, 0.15) is 137 Å². The SMILES string of the molecule is C=Cc1c(C#N)cc2c(c1C(C)CCCC)c1cc(-c3c(C)cc(C(C)(C)C)cc3C)cc3c4c5c(c(C#N)cc4n2c31)CCCC=C5.CC. The molecule has 0 aliphatic heterocycles. The highest BCUT2D eigenvalue weighted by atomic mass is 14.9. The second-order valence-electron chi connectivity index (χ2n) is 15.1. The summed E-state index contributed by atoms with van der Waals surface area (Å²) in [5.41, 5.74) is 15.6. The first-order valence-corrected chi connectivity index (χ1v) is 18.6. The number of hydrogen-bond donors (Lipinski definition) is 0. The molecular weight excluding hydrogens is 607 g/mol. The molecule has 3 heteroatoms. The van der Waals surface area contributed by atoms with Crippen molar-refractivity contribution in [2.75, 3.05) is 0 Å². The Morgan fingerprint density at radius 1 is 0.920 bits per heavy atom. The second kappa shape index (κ2) is 13.5. The summed E-state index contributed by atoms with van der Waals surface area (Å²) in [5.74, 6) is 0.248. The Kier molecular flexibility index (Phi) is 9.41. The summed E-state index contributed by atoms with van der Waals surface area (Å²) < 4.78 is 2.37. The van der Waals surface area contributed by atoms with Crippen LogP contribution >= 0.6 is 0 Å². The van der Waals surface area contributed by atoms with Crippen LogP contribution in [-0.4, -0.2) is 4.40 Å². The molecule has 1 atom stereocenters. The van der Waals surface area contributed by atoms with Crippen LogP contribution in [0.25, 0.3) is 61.4 Å². The van der Waals surface area contributed by atoms with E-state index in [0.29, 0.717) is 5.56 Å². The maximum atomic E-state index is 10.5. The average molecular weight is 658 g/mol. The fraction of sp³-hybridized carbons (Fsp3) is 0.362. The van der Waals surface area contributed by atoms with Crippen molar-refractivity contribution in [3.63, 3.8) is 0 Å². The number of unbranched alkanes of at least 4 members (excludes halogenated alkanes) is 1. The largest absolute Gasteiger partial charge is 0.308 e. The number of hydrogen-bond acceptors (Lipinski definition) is 2. The maximum absolute atomic E-state index is 10.5. The molecule has 1 aliphatic rings. The maximum Gasteiger partial charge on any atom is 0.0998 e. The lowest BCUT2D eigenvalue weighted by Crippen LogP contribution is -2.12. The number of aryl methyl sites for hydroxylation is 2. The first-order valence-electron chi connectivity index (χ1n) is 18.6. The molecule has 7 rings (SSSR count). The van der Waals surface area contributed by atoms with E-state index in [1.54, 1.807) is 0 Å². The number of aromatic nitrogens is 1. The van der Waals surface area contributed by atoms with Crippen molar-refractivity contribution in [1.29, 1.82) is 10.5 Å². The predicted molar refractivity (Wildman–Crippen MR) is 215 cm³/mol. The van der Waals surface area contributed by atoms with Crippen molar-refractivity contribution >= 4 is 50.2 Å². The summed E-state index contributed by atoms with van der Waals surface area (Å²) in [7, 11) is 0. The highest BCUT2D eigenvalue weighted by Crippen LogP contribution is 2.49. The van der Waals surface area contributed by atoms with E-state index in [2.05, 4.69) is 120 Å². The third-order valence-corrected chi connectivity index (χ3v) is 10.9. The summed E-state index contributed by atoms with van der Waals surface area (Å²) in [6, 6.07) is 18.8. The van der Waals surface area contributed by atoms with Crippen LogP contribution in [0, 0.1) is 36.5 Å². The Balaban J connectivity index is 0.00000212. The molecule has 0 N–H and O–H groups in total. The van der Waals surface area contributed by atoms with E-state index in [9.17, 15) is 10.5 Å². The van der Waals surface area contributed by atoms with Gasteiger partial charge in [-0.25, -0.2) is 0 Å². The highest BCUT2D eigenvalue weighted by molar-refractivity contribution is 6.27. The summed E-state index contributed by atoms with van der Waals surface area (Å²) in [6.45, 7) is 24.1. The van der Waals surface area contributed by atoms with Crippen LogP contribution in [0.3, 0.4) is 0 Å². The van der Waals surface area contributed by atoms with Gasteiger partial charge in [-0.3, -0.25) is 0 Å². The molecule has 0 amide bonds. The summed E-state index contributed by atoms with van der Waals surface area (Å²) >= 11 is 0. The minimum atomic E-state index is 0.0594. The number of benzene rings is 4. The Hall–Kier alpha value is -4.86. The van der Waals surface area contributed by atoms with Gasteiger partial charge in [-0.05, 0) is 125 Å². The normalized spacial score (nSPS) is 13.6. The molecule has 4 aromatic carbocycles. The standard InChI is InChI=1S/C45H45N3.C2H6/c1-9-11-15-26(3)41-33(10-2)30(24-46)22-39-43(41)37-21-29(40-27(4)18-32(19-28(40)5)45(6,7)8)20-36-42-35-17-14-12-13-16-34(35)31(25-47)23-38(42)48(39)44(36)37;1-2/h10,14,17-23,26H,2,9,11-13,15-16H2,1,3-8H3;1-2H3. The molecule has 0 radical (unpaired) electrons.